The van der Waals surface area contributed by atoms with Crippen LogP contribution >= 0.6 is 0 Å². The molecule has 0 amide bonds. The van der Waals surface area contributed by atoms with Crippen molar-refractivity contribution in [3.8, 4) is 0 Å². The number of hydrogen-bond acceptors (Lipinski definition) is 3. The molecule has 0 aromatic heterocycles. The Labute approximate surface area is 125 Å². The lowest BCUT2D eigenvalue weighted by Crippen LogP contribution is -2.36. The molecule has 0 aromatic carbocycles. The molecule has 0 bridgehead atoms. The number of likely N-dealkylation sites (N-methyl/N-ethyl adjacent to an activating group) is 1. The zero-order chi connectivity index (χ0) is 15.2. The molecule has 120 valence electrons. The fraction of sp³-hybridized carbons (Fsp3) is 1.00. The van der Waals surface area contributed by atoms with Gasteiger partial charge in [-0.2, -0.15) is 0 Å². The molecule has 0 spiro atoms. The van der Waals surface area contributed by atoms with Crippen LogP contribution in [0, 0.1) is 11.3 Å². The van der Waals surface area contributed by atoms with Crippen LogP contribution in [-0.2, 0) is 4.74 Å². The Kier molecular flexibility index (Phi) is 7.49. The first-order valence-electron chi connectivity index (χ1n) is 8.38. The van der Waals surface area contributed by atoms with Gasteiger partial charge in [0.05, 0.1) is 18.8 Å². The number of rotatable bonds is 7. The fourth-order valence-corrected chi connectivity index (χ4v) is 3.18. The van der Waals surface area contributed by atoms with Crippen LogP contribution in [0.1, 0.15) is 60.3 Å². The molecule has 0 unspecified atom stereocenters. The molecule has 1 saturated carbocycles. The minimum atomic E-state index is -0.352. The van der Waals surface area contributed by atoms with E-state index in [1.165, 1.54) is 12.8 Å². The number of hydrogen-bond donors (Lipinski definition) is 1. The number of aliphatic hydroxyl groups is 1. The minimum Gasteiger partial charge on any atom is -0.389 e. The van der Waals surface area contributed by atoms with Gasteiger partial charge in [0.15, 0.2) is 0 Å². The highest BCUT2D eigenvalue weighted by molar-refractivity contribution is 4.81. The zero-order valence-electron chi connectivity index (χ0n) is 14.2. The van der Waals surface area contributed by atoms with Crippen molar-refractivity contribution in [2.24, 2.45) is 11.3 Å². The lowest BCUT2D eigenvalue weighted by molar-refractivity contribution is -0.0437. The summed E-state index contributed by atoms with van der Waals surface area (Å²) in [5.74, 6) is 0.822. The van der Waals surface area contributed by atoms with E-state index in [4.69, 9.17) is 4.74 Å². The Morgan fingerprint density at radius 2 is 1.65 bits per heavy atom. The van der Waals surface area contributed by atoms with Crippen LogP contribution in [0.4, 0.5) is 0 Å². The molecule has 1 atom stereocenters. The van der Waals surface area contributed by atoms with Crippen molar-refractivity contribution >= 4 is 0 Å². The average molecular weight is 285 g/mol. The number of nitrogens with zero attached hydrogens (tertiary/aromatic N) is 1. The molecular weight excluding hydrogens is 250 g/mol. The van der Waals surface area contributed by atoms with Crippen LogP contribution in [0.25, 0.3) is 0 Å². The summed E-state index contributed by atoms with van der Waals surface area (Å²) >= 11 is 0. The molecule has 0 aromatic rings. The monoisotopic (exact) mass is 285 g/mol. The van der Waals surface area contributed by atoms with Crippen molar-refractivity contribution in [2.75, 3.05) is 26.2 Å². The molecule has 3 nitrogen and oxygen atoms in total. The quantitative estimate of drug-likeness (QED) is 0.779. The molecule has 3 heteroatoms. The van der Waals surface area contributed by atoms with Crippen molar-refractivity contribution in [3.05, 3.63) is 0 Å². The molecule has 1 rings (SSSR count). The zero-order valence-corrected chi connectivity index (χ0v) is 14.2. The highest BCUT2D eigenvalue weighted by Gasteiger charge is 2.30. The van der Waals surface area contributed by atoms with E-state index in [-0.39, 0.29) is 6.10 Å². The van der Waals surface area contributed by atoms with E-state index < -0.39 is 0 Å². The highest BCUT2D eigenvalue weighted by Crippen LogP contribution is 2.38. The van der Waals surface area contributed by atoms with E-state index in [0.717, 1.165) is 38.4 Å². The van der Waals surface area contributed by atoms with Crippen molar-refractivity contribution < 1.29 is 9.84 Å². The minimum absolute atomic E-state index is 0.352. The fourth-order valence-electron chi connectivity index (χ4n) is 3.18. The van der Waals surface area contributed by atoms with Crippen LogP contribution in [0.15, 0.2) is 0 Å². The van der Waals surface area contributed by atoms with Gasteiger partial charge >= 0.3 is 0 Å². The smallest absolute Gasteiger partial charge is 0.0900 e. The van der Waals surface area contributed by atoms with E-state index in [0.29, 0.717) is 18.1 Å². The molecule has 0 heterocycles. The molecule has 1 fully saturated rings. The summed E-state index contributed by atoms with van der Waals surface area (Å²) in [6.07, 6.45) is 4.84. The highest BCUT2D eigenvalue weighted by atomic mass is 16.5. The second-order valence-electron chi connectivity index (χ2n) is 7.31. The summed E-state index contributed by atoms with van der Waals surface area (Å²) in [6.45, 7) is 14.5. The van der Waals surface area contributed by atoms with E-state index in [2.05, 4.69) is 39.5 Å². The van der Waals surface area contributed by atoms with Crippen molar-refractivity contribution in [1.29, 1.82) is 0 Å². The predicted molar refractivity (Wildman–Crippen MR) is 84.9 cm³/mol. The van der Waals surface area contributed by atoms with Crippen LogP contribution in [0.3, 0.4) is 0 Å². The topological polar surface area (TPSA) is 32.7 Å². The Morgan fingerprint density at radius 1 is 1.10 bits per heavy atom. The van der Waals surface area contributed by atoms with Crippen LogP contribution in [0.2, 0.25) is 0 Å². The van der Waals surface area contributed by atoms with Gasteiger partial charge in [-0.15, -0.1) is 0 Å². The van der Waals surface area contributed by atoms with Gasteiger partial charge in [-0.05, 0) is 50.1 Å². The van der Waals surface area contributed by atoms with E-state index in [9.17, 15) is 5.11 Å². The largest absolute Gasteiger partial charge is 0.389 e. The maximum absolute atomic E-state index is 10.0. The SMILES string of the molecule is CCN(CC)C[C@@H](O)COC1CCC(C(C)(C)C)CC1. The normalized spacial score (nSPS) is 25.9. The summed E-state index contributed by atoms with van der Waals surface area (Å²) in [5.41, 5.74) is 0.424. The second-order valence-corrected chi connectivity index (χ2v) is 7.31. The van der Waals surface area contributed by atoms with Crippen molar-refractivity contribution in [2.45, 2.75) is 72.5 Å². The molecule has 1 N–H and O–H groups in total. The molecule has 1 aliphatic carbocycles. The van der Waals surface area contributed by atoms with Gasteiger partial charge in [0.1, 0.15) is 0 Å². The summed E-state index contributed by atoms with van der Waals surface area (Å²) < 4.78 is 5.92. The summed E-state index contributed by atoms with van der Waals surface area (Å²) in [7, 11) is 0. The molecule has 20 heavy (non-hydrogen) atoms. The Bertz CT molecular complexity index is 250. The maximum Gasteiger partial charge on any atom is 0.0900 e. The lowest BCUT2D eigenvalue weighted by Gasteiger charge is -2.37. The number of aliphatic hydroxyl groups excluding tert-OH is 1. The van der Waals surface area contributed by atoms with E-state index in [1.807, 2.05) is 0 Å². The first-order valence-corrected chi connectivity index (χ1v) is 8.38. The molecule has 0 saturated heterocycles. The third-order valence-electron chi connectivity index (χ3n) is 4.79. The molecule has 1 aliphatic rings. The molecular formula is C17H35NO2. The third kappa shape index (κ3) is 6.11. The Hall–Kier alpha value is -0.120. The summed E-state index contributed by atoms with van der Waals surface area (Å²) in [5, 5.41) is 10.0. The predicted octanol–water partition coefficient (Wildman–Crippen LogP) is 3.31. The van der Waals surface area contributed by atoms with Gasteiger partial charge in [-0.3, -0.25) is 0 Å². The van der Waals surface area contributed by atoms with Crippen LogP contribution in [-0.4, -0.2) is 48.5 Å². The first kappa shape index (κ1) is 17.9. The maximum atomic E-state index is 10.0. The number of ether oxygens (including phenoxy) is 1. The average Bonchev–Trinajstić information content (AvgIpc) is 2.42. The van der Waals surface area contributed by atoms with Gasteiger partial charge in [0, 0.05) is 6.54 Å². The lowest BCUT2D eigenvalue weighted by atomic mass is 9.72. The van der Waals surface area contributed by atoms with Crippen LogP contribution < -0.4 is 0 Å². The van der Waals surface area contributed by atoms with Gasteiger partial charge in [-0.25, -0.2) is 0 Å². The van der Waals surface area contributed by atoms with E-state index in [1.54, 1.807) is 0 Å². The molecule has 0 aliphatic heterocycles. The van der Waals surface area contributed by atoms with Crippen molar-refractivity contribution in [1.82, 2.24) is 4.90 Å². The summed E-state index contributed by atoms with van der Waals surface area (Å²) in [6, 6.07) is 0. The van der Waals surface area contributed by atoms with Gasteiger partial charge < -0.3 is 14.7 Å². The third-order valence-corrected chi connectivity index (χ3v) is 4.79. The van der Waals surface area contributed by atoms with E-state index >= 15 is 0 Å². The Balaban J connectivity index is 2.21. The summed E-state index contributed by atoms with van der Waals surface area (Å²) in [4.78, 5) is 2.24. The first-order chi connectivity index (χ1) is 9.36. The van der Waals surface area contributed by atoms with Gasteiger partial charge in [0.25, 0.3) is 0 Å². The van der Waals surface area contributed by atoms with Crippen LogP contribution in [0.5, 0.6) is 0 Å². The van der Waals surface area contributed by atoms with Gasteiger partial charge in [0.2, 0.25) is 0 Å². The van der Waals surface area contributed by atoms with Crippen molar-refractivity contribution in [3.63, 3.8) is 0 Å². The second kappa shape index (κ2) is 8.35. The molecule has 0 radical (unpaired) electrons. The standard InChI is InChI=1S/C17H35NO2/c1-6-18(7-2)12-15(19)13-20-16-10-8-14(9-11-16)17(3,4)5/h14-16,19H,6-13H2,1-5H3/t14?,15-,16?/m1/s1. The van der Waals surface area contributed by atoms with Gasteiger partial charge in [-0.1, -0.05) is 34.6 Å². The Morgan fingerprint density at radius 3 is 2.10 bits per heavy atom.